The normalized spacial score (nSPS) is 13.4. The Morgan fingerprint density at radius 3 is 2.60 bits per heavy atom. The maximum Gasteiger partial charge on any atom is 0.326 e. The molecule has 1 aromatic carbocycles. The first-order chi connectivity index (χ1) is 9.35. The van der Waals surface area contributed by atoms with Crippen LogP contribution in [0.15, 0.2) is 18.2 Å². The molecular weight excluding hydrogens is 378 g/mol. The van der Waals surface area contributed by atoms with E-state index in [1.165, 1.54) is 18.2 Å². The lowest BCUT2D eigenvalue weighted by atomic mass is 9.99. The third kappa shape index (κ3) is 4.62. The average Bonchev–Trinajstić information content (AvgIpc) is 2.38. The predicted octanol–water partition coefficient (Wildman–Crippen LogP) is 3.05. The Morgan fingerprint density at radius 1 is 1.45 bits per heavy atom. The highest BCUT2D eigenvalue weighted by atomic mass is 127. The zero-order valence-corrected chi connectivity index (χ0v) is 13.3. The molecule has 3 N–H and O–H groups in total. The number of aliphatic carboxylic acids is 1. The first-order valence-corrected chi connectivity index (χ1v) is 7.18. The van der Waals surface area contributed by atoms with E-state index < -0.39 is 23.9 Å². The van der Waals surface area contributed by atoms with Gasteiger partial charge in [0, 0.05) is 3.57 Å². The molecule has 2 amide bonds. The Labute approximate surface area is 130 Å². The number of carbonyl (C=O) groups excluding carboxylic acids is 1. The van der Waals surface area contributed by atoms with Crippen LogP contribution in [0.25, 0.3) is 0 Å². The van der Waals surface area contributed by atoms with Gasteiger partial charge in [0.2, 0.25) is 0 Å². The van der Waals surface area contributed by atoms with E-state index in [1.54, 1.807) is 6.92 Å². The third-order valence-corrected chi connectivity index (χ3v) is 3.84. The van der Waals surface area contributed by atoms with Crippen molar-refractivity contribution in [2.75, 3.05) is 5.32 Å². The molecule has 110 valence electrons. The molecule has 0 fully saturated rings. The second-order valence-corrected chi connectivity index (χ2v) is 5.59. The molecule has 1 unspecified atom stereocenters. The average molecular weight is 394 g/mol. The van der Waals surface area contributed by atoms with Crippen molar-refractivity contribution in [2.45, 2.75) is 26.3 Å². The van der Waals surface area contributed by atoms with Gasteiger partial charge in [-0.15, -0.1) is 0 Å². The fourth-order valence-corrected chi connectivity index (χ4v) is 2.19. The molecule has 0 aliphatic heterocycles. The van der Waals surface area contributed by atoms with Crippen LogP contribution in [-0.2, 0) is 4.79 Å². The van der Waals surface area contributed by atoms with Gasteiger partial charge in [-0.3, -0.25) is 0 Å². The van der Waals surface area contributed by atoms with Crippen molar-refractivity contribution >= 4 is 40.3 Å². The van der Waals surface area contributed by atoms with Crippen molar-refractivity contribution in [3.05, 3.63) is 27.6 Å². The Hall–Kier alpha value is -1.38. The molecule has 20 heavy (non-hydrogen) atoms. The molecular formula is C13H16FIN2O3. The van der Waals surface area contributed by atoms with E-state index in [-0.39, 0.29) is 5.92 Å². The van der Waals surface area contributed by atoms with Crippen LogP contribution in [0.3, 0.4) is 0 Å². The van der Waals surface area contributed by atoms with E-state index in [0.717, 1.165) is 0 Å². The van der Waals surface area contributed by atoms with Gasteiger partial charge in [-0.05, 0) is 46.7 Å². The first kappa shape index (κ1) is 16.7. The number of halogens is 2. The number of amides is 2. The summed E-state index contributed by atoms with van der Waals surface area (Å²) in [5, 5.41) is 14.0. The minimum atomic E-state index is -1.08. The van der Waals surface area contributed by atoms with Gasteiger partial charge in [-0.1, -0.05) is 20.3 Å². The summed E-state index contributed by atoms with van der Waals surface area (Å²) in [7, 11) is 0. The van der Waals surface area contributed by atoms with Crippen LogP contribution in [0.5, 0.6) is 0 Å². The molecule has 0 aromatic heterocycles. The molecule has 0 saturated carbocycles. The van der Waals surface area contributed by atoms with Gasteiger partial charge in [0.05, 0.1) is 5.69 Å². The number of benzene rings is 1. The van der Waals surface area contributed by atoms with Crippen LogP contribution in [-0.4, -0.2) is 23.1 Å². The molecule has 0 heterocycles. The second-order valence-electron chi connectivity index (χ2n) is 4.42. The Balaban J connectivity index is 2.73. The van der Waals surface area contributed by atoms with Crippen molar-refractivity contribution in [3.63, 3.8) is 0 Å². The van der Waals surface area contributed by atoms with Crippen LogP contribution in [0.2, 0.25) is 0 Å². The summed E-state index contributed by atoms with van der Waals surface area (Å²) in [6, 6.07) is 2.34. The van der Waals surface area contributed by atoms with Gasteiger partial charge < -0.3 is 15.7 Å². The molecule has 7 heteroatoms. The standard InChI is InChI=1S/C13H16FIN2O3/c1-3-7(2)11(12(18)19)17-13(20)16-10-5-4-8(14)6-9(10)15/h4-7,11H,3H2,1-2H3,(H,18,19)(H2,16,17,20)/t7?,11-/m0/s1. The maximum atomic E-state index is 12.9. The zero-order valence-electron chi connectivity index (χ0n) is 11.1. The van der Waals surface area contributed by atoms with Gasteiger partial charge in [0.25, 0.3) is 0 Å². The molecule has 0 aliphatic rings. The summed E-state index contributed by atoms with van der Waals surface area (Å²) in [6.45, 7) is 3.60. The molecule has 0 aliphatic carbocycles. The highest BCUT2D eigenvalue weighted by Gasteiger charge is 2.25. The number of rotatable bonds is 5. The summed E-state index contributed by atoms with van der Waals surface area (Å²) < 4.78 is 13.5. The van der Waals surface area contributed by atoms with Crippen LogP contribution in [0, 0.1) is 15.3 Å². The van der Waals surface area contributed by atoms with Crippen molar-refractivity contribution in [1.29, 1.82) is 0 Å². The van der Waals surface area contributed by atoms with Gasteiger partial charge in [-0.25, -0.2) is 14.0 Å². The van der Waals surface area contributed by atoms with E-state index in [0.29, 0.717) is 15.7 Å². The van der Waals surface area contributed by atoms with E-state index in [4.69, 9.17) is 5.11 Å². The largest absolute Gasteiger partial charge is 0.480 e. The Kier molecular flexibility index (Phi) is 6.18. The van der Waals surface area contributed by atoms with E-state index >= 15 is 0 Å². The van der Waals surface area contributed by atoms with Crippen LogP contribution in [0.1, 0.15) is 20.3 Å². The van der Waals surface area contributed by atoms with E-state index in [9.17, 15) is 14.0 Å². The molecule has 0 radical (unpaired) electrons. The lowest BCUT2D eigenvalue weighted by Gasteiger charge is -2.20. The van der Waals surface area contributed by atoms with Crippen LogP contribution < -0.4 is 10.6 Å². The van der Waals surface area contributed by atoms with Crippen molar-refractivity contribution in [2.24, 2.45) is 5.92 Å². The van der Waals surface area contributed by atoms with Gasteiger partial charge in [0.1, 0.15) is 11.9 Å². The van der Waals surface area contributed by atoms with Gasteiger partial charge in [-0.2, -0.15) is 0 Å². The minimum absolute atomic E-state index is 0.189. The molecule has 1 aromatic rings. The highest BCUT2D eigenvalue weighted by molar-refractivity contribution is 14.1. The number of urea groups is 1. The first-order valence-electron chi connectivity index (χ1n) is 6.10. The fraction of sp³-hybridized carbons (Fsp3) is 0.385. The van der Waals surface area contributed by atoms with Crippen molar-refractivity contribution < 1.29 is 19.1 Å². The molecule has 0 bridgehead atoms. The Bertz CT molecular complexity index is 510. The minimum Gasteiger partial charge on any atom is -0.480 e. The lowest BCUT2D eigenvalue weighted by molar-refractivity contribution is -0.140. The number of hydrogen-bond acceptors (Lipinski definition) is 2. The van der Waals surface area contributed by atoms with Crippen molar-refractivity contribution in [1.82, 2.24) is 5.32 Å². The molecule has 1 rings (SSSR count). The quantitative estimate of drug-likeness (QED) is 0.672. The third-order valence-electron chi connectivity index (χ3n) is 2.94. The maximum absolute atomic E-state index is 12.9. The summed E-state index contributed by atoms with van der Waals surface area (Å²) in [5.41, 5.74) is 0.429. The smallest absolute Gasteiger partial charge is 0.326 e. The van der Waals surface area contributed by atoms with E-state index in [2.05, 4.69) is 10.6 Å². The van der Waals surface area contributed by atoms with Crippen LogP contribution >= 0.6 is 22.6 Å². The predicted molar refractivity (Wildman–Crippen MR) is 82.2 cm³/mol. The molecule has 5 nitrogen and oxygen atoms in total. The number of carboxylic acids is 1. The van der Waals surface area contributed by atoms with Gasteiger partial charge >= 0.3 is 12.0 Å². The summed E-state index contributed by atoms with van der Waals surface area (Å²) in [4.78, 5) is 22.9. The molecule has 0 saturated heterocycles. The van der Waals surface area contributed by atoms with E-state index in [1.807, 2.05) is 29.5 Å². The monoisotopic (exact) mass is 394 g/mol. The number of nitrogens with one attached hydrogen (secondary N) is 2. The van der Waals surface area contributed by atoms with Gasteiger partial charge in [0.15, 0.2) is 0 Å². The topological polar surface area (TPSA) is 78.4 Å². The molecule has 0 spiro atoms. The number of carboxylic acid groups (broad SMARTS) is 1. The SMILES string of the molecule is CCC(C)[C@H](NC(=O)Nc1ccc(F)cc1I)C(=O)O. The lowest BCUT2D eigenvalue weighted by Crippen LogP contribution is -2.46. The van der Waals surface area contributed by atoms with Crippen molar-refractivity contribution in [3.8, 4) is 0 Å². The number of hydrogen-bond donors (Lipinski definition) is 3. The number of anilines is 1. The summed E-state index contributed by atoms with van der Waals surface area (Å²) in [6.07, 6.45) is 0.630. The summed E-state index contributed by atoms with van der Waals surface area (Å²) in [5.74, 6) is -1.67. The summed E-state index contributed by atoms with van der Waals surface area (Å²) >= 11 is 1.89. The highest BCUT2D eigenvalue weighted by Crippen LogP contribution is 2.19. The Morgan fingerprint density at radius 2 is 2.10 bits per heavy atom. The van der Waals surface area contributed by atoms with Crippen LogP contribution in [0.4, 0.5) is 14.9 Å². The number of carbonyl (C=O) groups is 2. The zero-order chi connectivity index (χ0) is 15.3. The second kappa shape index (κ2) is 7.41. The fourth-order valence-electron chi connectivity index (χ4n) is 1.57. The molecule has 2 atom stereocenters.